The van der Waals surface area contributed by atoms with Gasteiger partial charge in [0.2, 0.25) is 0 Å². The molecule has 1 aliphatic rings. The first kappa shape index (κ1) is 8.51. The number of hydrogen-bond donors (Lipinski definition) is 0. The Morgan fingerprint density at radius 1 is 1.23 bits per heavy atom. The molecule has 0 bridgehead atoms. The van der Waals surface area contributed by atoms with Crippen LogP contribution in [0.2, 0.25) is 0 Å². The van der Waals surface area contributed by atoms with Gasteiger partial charge in [-0.3, -0.25) is 4.90 Å². The van der Waals surface area contributed by atoms with Gasteiger partial charge in [-0.25, -0.2) is 0 Å². The molecule has 0 amide bonds. The molecule has 0 saturated carbocycles. The second-order valence-electron chi connectivity index (χ2n) is 3.55. The molecule has 0 spiro atoms. The molecule has 0 atom stereocenters. The van der Waals surface area contributed by atoms with E-state index in [1.807, 2.05) is 12.1 Å². The van der Waals surface area contributed by atoms with Gasteiger partial charge >= 0.3 is 0 Å². The first-order chi connectivity index (χ1) is 6.34. The van der Waals surface area contributed by atoms with E-state index >= 15 is 0 Å². The van der Waals surface area contributed by atoms with Gasteiger partial charge in [0.1, 0.15) is 0 Å². The Balaban J connectivity index is 1.97. The average molecular weight is 178 g/mol. The lowest BCUT2D eigenvalue weighted by molar-refractivity contribution is -0.605. The molecule has 1 aromatic rings. The number of hydrogen-bond acceptors (Lipinski definition) is 2. The van der Waals surface area contributed by atoms with Crippen molar-refractivity contribution in [3.63, 3.8) is 0 Å². The molecule has 1 fully saturated rings. The molecule has 0 radical (unpaired) electrons. The van der Waals surface area contributed by atoms with Gasteiger partial charge in [-0.1, -0.05) is 0 Å². The molecule has 1 aromatic heterocycles. The topological polar surface area (TPSA) is 30.2 Å². The normalized spacial score (nSPS) is 17.8. The van der Waals surface area contributed by atoms with Crippen LogP contribution < -0.4 is 4.73 Å². The fourth-order valence-electron chi connectivity index (χ4n) is 1.75. The van der Waals surface area contributed by atoms with Crippen molar-refractivity contribution in [2.45, 2.75) is 19.4 Å². The molecule has 70 valence electrons. The van der Waals surface area contributed by atoms with Crippen molar-refractivity contribution in [1.29, 1.82) is 0 Å². The molecular weight excluding hydrogens is 164 g/mol. The van der Waals surface area contributed by atoms with E-state index in [2.05, 4.69) is 4.90 Å². The van der Waals surface area contributed by atoms with Crippen molar-refractivity contribution >= 4 is 0 Å². The summed E-state index contributed by atoms with van der Waals surface area (Å²) in [7, 11) is 0. The molecule has 0 unspecified atom stereocenters. The lowest BCUT2D eigenvalue weighted by Crippen LogP contribution is -2.25. The zero-order valence-corrected chi connectivity index (χ0v) is 7.65. The number of rotatable bonds is 2. The zero-order chi connectivity index (χ0) is 9.10. The van der Waals surface area contributed by atoms with Crippen LogP contribution in [0.25, 0.3) is 0 Å². The Morgan fingerprint density at radius 3 is 2.46 bits per heavy atom. The molecular formula is C10H14N2O. The quantitative estimate of drug-likeness (QED) is 0.498. The van der Waals surface area contributed by atoms with Crippen LogP contribution in [-0.2, 0) is 6.54 Å². The van der Waals surface area contributed by atoms with Crippen molar-refractivity contribution in [1.82, 2.24) is 4.90 Å². The zero-order valence-electron chi connectivity index (χ0n) is 7.65. The second kappa shape index (κ2) is 3.75. The van der Waals surface area contributed by atoms with E-state index in [1.54, 1.807) is 12.4 Å². The summed E-state index contributed by atoms with van der Waals surface area (Å²) >= 11 is 0. The van der Waals surface area contributed by atoms with Gasteiger partial charge in [-0.15, -0.1) is 0 Å². The molecule has 0 aliphatic carbocycles. The van der Waals surface area contributed by atoms with E-state index in [-0.39, 0.29) is 0 Å². The van der Waals surface area contributed by atoms with Gasteiger partial charge in [-0.2, -0.15) is 4.73 Å². The van der Waals surface area contributed by atoms with E-state index in [1.165, 1.54) is 31.5 Å². The van der Waals surface area contributed by atoms with Gasteiger partial charge < -0.3 is 5.21 Å². The van der Waals surface area contributed by atoms with Crippen molar-refractivity contribution in [2.75, 3.05) is 13.1 Å². The van der Waals surface area contributed by atoms with Crippen molar-refractivity contribution < 1.29 is 4.73 Å². The Labute approximate surface area is 78.2 Å². The van der Waals surface area contributed by atoms with Crippen molar-refractivity contribution in [3.05, 3.63) is 35.3 Å². The van der Waals surface area contributed by atoms with E-state index in [0.29, 0.717) is 0 Å². The van der Waals surface area contributed by atoms with Gasteiger partial charge in [-0.05, 0) is 31.5 Å². The Morgan fingerprint density at radius 2 is 1.85 bits per heavy atom. The molecule has 3 heteroatoms. The minimum atomic E-state index is 0.827. The molecule has 1 aliphatic heterocycles. The number of likely N-dealkylation sites (tertiary alicyclic amines) is 1. The maximum Gasteiger partial charge on any atom is 0.180 e. The Bertz CT molecular complexity index is 265. The van der Waals surface area contributed by atoms with Crippen molar-refractivity contribution in [3.8, 4) is 0 Å². The van der Waals surface area contributed by atoms with Crippen LogP contribution in [-0.4, -0.2) is 18.0 Å². The highest BCUT2D eigenvalue weighted by atomic mass is 16.5. The predicted octanol–water partition coefficient (Wildman–Crippen LogP) is 0.916. The third kappa shape index (κ3) is 2.18. The molecule has 0 aromatic carbocycles. The summed E-state index contributed by atoms with van der Waals surface area (Å²) in [5, 5.41) is 10.8. The van der Waals surface area contributed by atoms with Crippen LogP contribution in [0.3, 0.4) is 0 Å². The maximum absolute atomic E-state index is 10.8. The van der Waals surface area contributed by atoms with Crippen LogP contribution in [0, 0.1) is 5.21 Å². The van der Waals surface area contributed by atoms with Crippen LogP contribution in [0.1, 0.15) is 18.4 Å². The van der Waals surface area contributed by atoms with Crippen molar-refractivity contribution in [2.24, 2.45) is 0 Å². The number of pyridine rings is 1. The summed E-state index contributed by atoms with van der Waals surface area (Å²) < 4.78 is 0.827. The lowest BCUT2D eigenvalue weighted by Gasteiger charge is -2.13. The van der Waals surface area contributed by atoms with Crippen LogP contribution in [0.4, 0.5) is 0 Å². The fourth-order valence-corrected chi connectivity index (χ4v) is 1.75. The van der Waals surface area contributed by atoms with Crippen LogP contribution >= 0.6 is 0 Å². The second-order valence-corrected chi connectivity index (χ2v) is 3.55. The third-order valence-corrected chi connectivity index (χ3v) is 2.48. The summed E-state index contributed by atoms with van der Waals surface area (Å²) in [5.41, 5.74) is 1.23. The fraction of sp³-hybridized carbons (Fsp3) is 0.500. The maximum atomic E-state index is 10.8. The van der Waals surface area contributed by atoms with E-state index in [0.717, 1.165) is 11.3 Å². The lowest BCUT2D eigenvalue weighted by atomic mass is 10.2. The molecule has 0 N–H and O–H groups in total. The van der Waals surface area contributed by atoms with E-state index < -0.39 is 0 Å². The minimum Gasteiger partial charge on any atom is -0.619 e. The summed E-state index contributed by atoms with van der Waals surface area (Å²) in [6.07, 6.45) is 5.75. The molecule has 2 rings (SSSR count). The van der Waals surface area contributed by atoms with E-state index in [4.69, 9.17) is 0 Å². The Kier molecular flexibility index (Phi) is 2.45. The summed E-state index contributed by atoms with van der Waals surface area (Å²) in [6.45, 7) is 3.39. The molecule has 1 saturated heterocycles. The van der Waals surface area contributed by atoms with Gasteiger partial charge in [0.05, 0.1) is 0 Å². The average Bonchev–Trinajstić information content (AvgIpc) is 2.62. The molecule has 13 heavy (non-hydrogen) atoms. The van der Waals surface area contributed by atoms with E-state index in [9.17, 15) is 5.21 Å². The van der Waals surface area contributed by atoms with Crippen LogP contribution in [0.5, 0.6) is 0 Å². The summed E-state index contributed by atoms with van der Waals surface area (Å²) in [6, 6.07) is 3.79. The van der Waals surface area contributed by atoms with Gasteiger partial charge in [0.15, 0.2) is 12.4 Å². The highest BCUT2D eigenvalue weighted by Gasteiger charge is 2.11. The molecule has 2 heterocycles. The first-order valence-electron chi connectivity index (χ1n) is 4.75. The first-order valence-corrected chi connectivity index (χ1v) is 4.75. The smallest absolute Gasteiger partial charge is 0.180 e. The largest absolute Gasteiger partial charge is 0.619 e. The minimum absolute atomic E-state index is 0.827. The standard InChI is InChI=1S/C10H14N2O/c13-12-7-3-10(4-8-12)9-11-5-1-2-6-11/h3-4,7-8H,1-2,5-6,9H2. The SMILES string of the molecule is [O-][n+]1ccc(CN2CCCC2)cc1. The monoisotopic (exact) mass is 178 g/mol. The highest BCUT2D eigenvalue weighted by Crippen LogP contribution is 2.11. The van der Waals surface area contributed by atoms with Gasteiger partial charge in [0, 0.05) is 18.7 Å². The summed E-state index contributed by atoms with van der Waals surface area (Å²) in [5.74, 6) is 0. The third-order valence-electron chi connectivity index (χ3n) is 2.48. The van der Waals surface area contributed by atoms with Crippen LogP contribution in [0.15, 0.2) is 24.5 Å². The predicted molar refractivity (Wildman–Crippen MR) is 49.9 cm³/mol. The molecule has 3 nitrogen and oxygen atoms in total. The van der Waals surface area contributed by atoms with Gasteiger partial charge in [0.25, 0.3) is 0 Å². The highest BCUT2D eigenvalue weighted by molar-refractivity contribution is 5.07. The number of nitrogens with zero attached hydrogens (tertiary/aromatic N) is 2. The Hall–Kier alpha value is -1.09. The number of aromatic nitrogens is 1. The summed E-state index contributed by atoms with van der Waals surface area (Å²) in [4.78, 5) is 2.42.